The van der Waals surface area contributed by atoms with Gasteiger partial charge in [-0.3, -0.25) is 9.80 Å². The van der Waals surface area contributed by atoms with Gasteiger partial charge in [0.25, 0.3) is 0 Å². The first kappa shape index (κ1) is 15.2. The van der Waals surface area contributed by atoms with E-state index < -0.39 is 0 Å². The molecule has 0 aromatic carbocycles. The topological polar surface area (TPSA) is 9.72 Å². The van der Waals surface area contributed by atoms with E-state index in [0.717, 1.165) is 20.0 Å². The van der Waals surface area contributed by atoms with Gasteiger partial charge in [-0.05, 0) is 24.6 Å². The van der Waals surface area contributed by atoms with Crippen molar-refractivity contribution < 1.29 is 0 Å². The van der Waals surface area contributed by atoms with Crippen molar-refractivity contribution in [1.82, 2.24) is 14.2 Å². The lowest BCUT2D eigenvalue weighted by atomic mass is 10.2. The minimum absolute atomic E-state index is 0.912. The number of halogens is 1. The molecular weight excluding hydrogens is 234 g/mol. The Hall–Kier alpha value is 0.170. The molecular formula is C13H28ClN3. The fourth-order valence-corrected chi connectivity index (χ4v) is 2.61. The summed E-state index contributed by atoms with van der Waals surface area (Å²) in [5.41, 5.74) is 0. The predicted molar refractivity (Wildman–Crippen MR) is 74.8 cm³/mol. The van der Waals surface area contributed by atoms with Crippen LogP contribution in [0.4, 0.5) is 0 Å². The Kier molecular flexibility index (Phi) is 8.19. The Labute approximate surface area is 112 Å². The molecule has 1 aliphatic heterocycles. The van der Waals surface area contributed by atoms with Crippen molar-refractivity contribution in [3.05, 3.63) is 0 Å². The minimum Gasteiger partial charge on any atom is -0.276 e. The molecule has 1 saturated heterocycles. The second-order valence-corrected chi connectivity index (χ2v) is 5.57. The molecule has 0 amide bonds. The van der Waals surface area contributed by atoms with Gasteiger partial charge in [0.15, 0.2) is 0 Å². The van der Waals surface area contributed by atoms with Crippen LogP contribution in [0.2, 0.25) is 0 Å². The van der Waals surface area contributed by atoms with Crippen molar-refractivity contribution in [2.75, 3.05) is 33.1 Å². The van der Waals surface area contributed by atoms with Crippen molar-refractivity contribution in [3.63, 3.8) is 0 Å². The van der Waals surface area contributed by atoms with Gasteiger partial charge in [-0.15, -0.1) is 0 Å². The van der Waals surface area contributed by atoms with Gasteiger partial charge >= 0.3 is 0 Å². The Morgan fingerprint density at radius 3 is 1.65 bits per heavy atom. The first-order valence-corrected chi connectivity index (χ1v) is 7.45. The van der Waals surface area contributed by atoms with E-state index in [1.807, 2.05) is 4.42 Å². The van der Waals surface area contributed by atoms with Gasteiger partial charge in [0.2, 0.25) is 0 Å². The fourth-order valence-electron chi connectivity index (χ4n) is 2.30. The molecule has 1 rings (SSSR count). The molecule has 1 heterocycles. The Balaban J connectivity index is 2.21. The summed E-state index contributed by atoms with van der Waals surface area (Å²) in [6.07, 6.45) is 7.83. The summed E-state index contributed by atoms with van der Waals surface area (Å²) < 4.78 is 1.90. The molecule has 4 heteroatoms. The van der Waals surface area contributed by atoms with Crippen LogP contribution < -0.4 is 0 Å². The van der Waals surface area contributed by atoms with Crippen LogP contribution in [0, 0.1) is 0 Å². The fraction of sp³-hybridized carbons (Fsp3) is 1.00. The minimum atomic E-state index is 0.912. The van der Waals surface area contributed by atoms with Crippen LogP contribution in [0.25, 0.3) is 0 Å². The zero-order valence-corrected chi connectivity index (χ0v) is 12.3. The SMILES string of the molecule is CCCCCN1CN(Cl)CN(CCCCC)C1. The average molecular weight is 262 g/mol. The van der Waals surface area contributed by atoms with Crippen LogP contribution in [-0.2, 0) is 0 Å². The third kappa shape index (κ3) is 6.61. The second-order valence-electron chi connectivity index (χ2n) is 5.09. The molecule has 0 N–H and O–H groups in total. The monoisotopic (exact) mass is 261 g/mol. The van der Waals surface area contributed by atoms with Crippen molar-refractivity contribution in [3.8, 4) is 0 Å². The van der Waals surface area contributed by atoms with E-state index >= 15 is 0 Å². The van der Waals surface area contributed by atoms with Crippen molar-refractivity contribution >= 4 is 11.8 Å². The number of unbranched alkanes of at least 4 members (excludes halogenated alkanes) is 4. The smallest absolute Gasteiger partial charge is 0.0679 e. The van der Waals surface area contributed by atoms with Gasteiger partial charge in [0.05, 0.1) is 20.0 Å². The maximum absolute atomic E-state index is 6.18. The van der Waals surface area contributed by atoms with E-state index in [1.54, 1.807) is 0 Å². The summed E-state index contributed by atoms with van der Waals surface area (Å²) in [7, 11) is 0. The van der Waals surface area contributed by atoms with Crippen LogP contribution in [0.1, 0.15) is 52.4 Å². The van der Waals surface area contributed by atoms with Crippen molar-refractivity contribution in [1.29, 1.82) is 0 Å². The Bertz CT molecular complexity index is 172. The van der Waals surface area contributed by atoms with E-state index in [1.165, 1.54) is 51.6 Å². The van der Waals surface area contributed by atoms with Crippen LogP contribution >= 0.6 is 11.8 Å². The zero-order valence-electron chi connectivity index (χ0n) is 11.5. The maximum atomic E-state index is 6.18. The van der Waals surface area contributed by atoms with E-state index in [9.17, 15) is 0 Å². The molecule has 0 bridgehead atoms. The molecule has 17 heavy (non-hydrogen) atoms. The lowest BCUT2D eigenvalue weighted by Crippen LogP contribution is -2.52. The molecule has 0 unspecified atom stereocenters. The third-order valence-corrected chi connectivity index (χ3v) is 3.48. The predicted octanol–water partition coefficient (Wildman–Crippen LogP) is 3.31. The van der Waals surface area contributed by atoms with Crippen LogP contribution in [0.15, 0.2) is 0 Å². The summed E-state index contributed by atoms with van der Waals surface area (Å²) in [4.78, 5) is 4.91. The summed E-state index contributed by atoms with van der Waals surface area (Å²) in [6.45, 7) is 9.78. The summed E-state index contributed by atoms with van der Waals surface area (Å²) in [5.74, 6) is 0. The molecule has 102 valence electrons. The first-order valence-electron chi connectivity index (χ1n) is 7.11. The van der Waals surface area contributed by atoms with Gasteiger partial charge in [-0.25, -0.2) is 0 Å². The average Bonchev–Trinajstić information content (AvgIpc) is 2.29. The largest absolute Gasteiger partial charge is 0.276 e. The van der Waals surface area contributed by atoms with Gasteiger partial charge < -0.3 is 0 Å². The maximum Gasteiger partial charge on any atom is 0.0679 e. The molecule has 0 aliphatic carbocycles. The molecule has 3 nitrogen and oxygen atoms in total. The summed E-state index contributed by atoms with van der Waals surface area (Å²) in [5, 5.41) is 0. The van der Waals surface area contributed by atoms with Gasteiger partial charge in [-0.2, -0.15) is 4.42 Å². The Morgan fingerprint density at radius 2 is 1.24 bits per heavy atom. The van der Waals surface area contributed by atoms with E-state index in [-0.39, 0.29) is 0 Å². The quantitative estimate of drug-likeness (QED) is 0.490. The lowest BCUT2D eigenvalue weighted by molar-refractivity contribution is 0.0126. The number of nitrogens with zero attached hydrogens (tertiary/aromatic N) is 3. The molecule has 0 aromatic heterocycles. The standard InChI is InChI=1S/C13H28ClN3/c1-3-5-7-9-15-11-16(10-8-6-4-2)13-17(14)12-15/h3-13H2,1-2H3. The molecule has 1 fully saturated rings. The highest BCUT2D eigenvalue weighted by atomic mass is 35.5. The zero-order chi connectivity index (χ0) is 12.5. The van der Waals surface area contributed by atoms with E-state index in [4.69, 9.17) is 11.8 Å². The van der Waals surface area contributed by atoms with E-state index in [2.05, 4.69) is 23.6 Å². The van der Waals surface area contributed by atoms with E-state index in [0.29, 0.717) is 0 Å². The summed E-state index contributed by atoms with van der Waals surface area (Å²) in [6, 6.07) is 0. The molecule has 1 aliphatic rings. The van der Waals surface area contributed by atoms with Gasteiger partial charge in [-0.1, -0.05) is 39.5 Å². The highest BCUT2D eigenvalue weighted by Crippen LogP contribution is 2.12. The van der Waals surface area contributed by atoms with Crippen LogP contribution in [0.3, 0.4) is 0 Å². The third-order valence-electron chi connectivity index (χ3n) is 3.26. The normalized spacial score (nSPS) is 19.9. The molecule has 0 atom stereocenters. The first-order chi connectivity index (χ1) is 8.26. The molecule has 0 radical (unpaired) electrons. The number of hydrogen-bond acceptors (Lipinski definition) is 3. The highest BCUT2D eigenvalue weighted by Gasteiger charge is 2.21. The Morgan fingerprint density at radius 1 is 0.765 bits per heavy atom. The van der Waals surface area contributed by atoms with Gasteiger partial charge in [0.1, 0.15) is 0 Å². The van der Waals surface area contributed by atoms with Crippen LogP contribution in [-0.4, -0.2) is 47.3 Å². The van der Waals surface area contributed by atoms with Gasteiger partial charge in [0, 0.05) is 13.1 Å². The van der Waals surface area contributed by atoms with Crippen molar-refractivity contribution in [2.24, 2.45) is 0 Å². The second kappa shape index (κ2) is 9.15. The highest BCUT2D eigenvalue weighted by molar-refractivity contribution is 6.13. The summed E-state index contributed by atoms with van der Waals surface area (Å²) >= 11 is 6.18. The number of hydrogen-bond donors (Lipinski definition) is 0. The molecule has 0 spiro atoms. The lowest BCUT2D eigenvalue weighted by Gasteiger charge is -2.39. The molecule has 0 aromatic rings. The molecule has 0 saturated carbocycles. The number of rotatable bonds is 8. The van der Waals surface area contributed by atoms with Crippen LogP contribution in [0.5, 0.6) is 0 Å². The van der Waals surface area contributed by atoms with Crippen molar-refractivity contribution in [2.45, 2.75) is 52.4 Å².